The first-order valence-corrected chi connectivity index (χ1v) is 7.73. The monoisotopic (exact) mass is 335 g/mol. The fourth-order valence-electron chi connectivity index (χ4n) is 2.33. The average Bonchev–Trinajstić information content (AvgIpc) is 3.07. The first kappa shape index (κ1) is 16.4. The molecule has 6 nitrogen and oxygen atoms in total. The standard InChI is InChI=1S/C19H17N3O3/c1-12-8-9-15(13(2)10-12)20-18(24)16-11-25-19(21-16)22-17(23)14-6-4-3-5-7-14/h3-11H,1-2H3,(H,20,24)(H,21,22,23). The molecule has 0 radical (unpaired) electrons. The molecule has 0 unspecified atom stereocenters. The van der Waals surface area contributed by atoms with Crippen molar-refractivity contribution in [1.29, 1.82) is 0 Å². The average molecular weight is 335 g/mol. The van der Waals surface area contributed by atoms with E-state index in [0.29, 0.717) is 11.3 Å². The van der Waals surface area contributed by atoms with E-state index in [1.807, 2.05) is 38.1 Å². The molecule has 0 aliphatic rings. The number of carbonyl (C=O) groups excluding carboxylic acids is 2. The predicted octanol–water partition coefficient (Wildman–Crippen LogP) is 3.80. The van der Waals surface area contributed by atoms with Crippen molar-refractivity contribution in [3.8, 4) is 0 Å². The largest absolute Gasteiger partial charge is 0.431 e. The van der Waals surface area contributed by atoms with E-state index in [1.54, 1.807) is 24.3 Å². The second kappa shape index (κ2) is 7.00. The Kier molecular flexibility index (Phi) is 4.61. The van der Waals surface area contributed by atoms with Gasteiger partial charge < -0.3 is 9.73 Å². The van der Waals surface area contributed by atoms with Crippen molar-refractivity contribution in [3.63, 3.8) is 0 Å². The van der Waals surface area contributed by atoms with Crippen LogP contribution < -0.4 is 10.6 Å². The Balaban J connectivity index is 1.68. The first-order valence-electron chi connectivity index (χ1n) is 7.73. The summed E-state index contributed by atoms with van der Waals surface area (Å²) in [5.74, 6) is -0.764. The number of amides is 2. The van der Waals surface area contributed by atoms with Gasteiger partial charge in [-0.2, -0.15) is 4.98 Å². The number of carbonyl (C=O) groups is 2. The molecule has 3 rings (SSSR count). The Bertz CT molecular complexity index is 917. The lowest BCUT2D eigenvalue weighted by molar-refractivity contribution is 0.101. The van der Waals surface area contributed by atoms with Crippen LogP contribution in [-0.2, 0) is 0 Å². The normalized spacial score (nSPS) is 10.3. The first-order chi connectivity index (χ1) is 12.0. The topological polar surface area (TPSA) is 84.2 Å². The minimum atomic E-state index is -0.407. The number of rotatable bonds is 4. The van der Waals surface area contributed by atoms with Gasteiger partial charge in [-0.15, -0.1) is 0 Å². The Morgan fingerprint density at radius 3 is 2.44 bits per heavy atom. The fraction of sp³-hybridized carbons (Fsp3) is 0.105. The molecule has 0 aliphatic heterocycles. The summed E-state index contributed by atoms with van der Waals surface area (Å²) >= 11 is 0. The maximum atomic E-state index is 12.3. The molecule has 25 heavy (non-hydrogen) atoms. The number of anilines is 2. The molecular weight excluding hydrogens is 318 g/mol. The molecule has 2 N–H and O–H groups in total. The molecule has 0 fully saturated rings. The molecule has 6 heteroatoms. The molecule has 2 aromatic carbocycles. The van der Waals surface area contributed by atoms with Crippen molar-refractivity contribution in [2.24, 2.45) is 0 Å². The summed E-state index contributed by atoms with van der Waals surface area (Å²) in [5, 5.41) is 5.30. The van der Waals surface area contributed by atoms with Gasteiger partial charge in [0.15, 0.2) is 5.69 Å². The van der Waals surface area contributed by atoms with Gasteiger partial charge in [-0.3, -0.25) is 14.9 Å². The van der Waals surface area contributed by atoms with Crippen molar-refractivity contribution in [2.45, 2.75) is 13.8 Å². The highest BCUT2D eigenvalue weighted by molar-refractivity contribution is 6.05. The predicted molar refractivity (Wildman–Crippen MR) is 94.8 cm³/mol. The number of oxazole rings is 1. The molecule has 126 valence electrons. The van der Waals surface area contributed by atoms with Crippen LogP contribution in [0.3, 0.4) is 0 Å². The zero-order chi connectivity index (χ0) is 17.8. The number of aryl methyl sites for hydroxylation is 2. The van der Waals surface area contributed by atoms with Crippen LogP contribution in [0.15, 0.2) is 59.2 Å². The summed E-state index contributed by atoms with van der Waals surface area (Å²) in [6.07, 6.45) is 1.21. The zero-order valence-electron chi connectivity index (χ0n) is 13.9. The number of hydrogen-bond acceptors (Lipinski definition) is 4. The Morgan fingerprint density at radius 2 is 1.72 bits per heavy atom. The number of aromatic nitrogens is 1. The van der Waals surface area contributed by atoms with E-state index < -0.39 is 5.91 Å². The molecule has 2 amide bonds. The lowest BCUT2D eigenvalue weighted by atomic mass is 10.1. The van der Waals surface area contributed by atoms with Crippen LogP contribution >= 0.6 is 0 Å². The quantitative estimate of drug-likeness (QED) is 0.759. The molecule has 0 saturated heterocycles. The lowest BCUT2D eigenvalue weighted by Crippen LogP contribution is -2.14. The molecule has 0 spiro atoms. The Hall–Kier alpha value is -3.41. The third-order valence-corrected chi connectivity index (χ3v) is 3.62. The van der Waals surface area contributed by atoms with Crippen LogP contribution in [0.5, 0.6) is 0 Å². The molecule has 0 saturated carbocycles. The molecule has 3 aromatic rings. The number of hydrogen-bond donors (Lipinski definition) is 2. The summed E-state index contributed by atoms with van der Waals surface area (Å²) in [5.41, 5.74) is 3.33. The maximum absolute atomic E-state index is 12.3. The second-order valence-electron chi connectivity index (χ2n) is 5.63. The second-order valence-corrected chi connectivity index (χ2v) is 5.63. The van der Waals surface area contributed by atoms with Crippen LogP contribution in [0.1, 0.15) is 32.0 Å². The zero-order valence-corrected chi connectivity index (χ0v) is 13.9. The summed E-state index contributed by atoms with van der Waals surface area (Å²) in [6, 6.07) is 14.4. The minimum Gasteiger partial charge on any atom is -0.431 e. The van der Waals surface area contributed by atoms with Gasteiger partial charge in [-0.05, 0) is 37.6 Å². The summed E-state index contributed by atoms with van der Waals surface area (Å²) in [7, 11) is 0. The third-order valence-electron chi connectivity index (χ3n) is 3.62. The van der Waals surface area contributed by atoms with Crippen LogP contribution in [0, 0.1) is 13.8 Å². The molecule has 0 aliphatic carbocycles. The summed E-state index contributed by atoms with van der Waals surface area (Å²) in [4.78, 5) is 28.3. The van der Waals surface area contributed by atoms with E-state index in [9.17, 15) is 9.59 Å². The van der Waals surface area contributed by atoms with E-state index in [0.717, 1.165) is 11.1 Å². The van der Waals surface area contributed by atoms with Gasteiger partial charge in [0.2, 0.25) is 0 Å². The van der Waals surface area contributed by atoms with Crippen LogP contribution in [0.25, 0.3) is 0 Å². The molecular formula is C19H17N3O3. The highest BCUT2D eigenvalue weighted by Crippen LogP contribution is 2.18. The summed E-state index contributed by atoms with van der Waals surface area (Å²) in [6.45, 7) is 3.90. The maximum Gasteiger partial charge on any atom is 0.302 e. The van der Waals surface area contributed by atoms with Crippen LogP contribution in [0.4, 0.5) is 11.7 Å². The van der Waals surface area contributed by atoms with Crippen molar-refractivity contribution in [1.82, 2.24) is 4.98 Å². The molecule has 0 bridgehead atoms. The smallest absolute Gasteiger partial charge is 0.302 e. The Labute approximate surface area is 144 Å². The highest BCUT2D eigenvalue weighted by atomic mass is 16.4. The van der Waals surface area contributed by atoms with E-state index in [4.69, 9.17) is 4.42 Å². The minimum absolute atomic E-state index is 0.0281. The van der Waals surface area contributed by atoms with Gasteiger partial charge in [0, 0.05) is 11.3 Å². The summed E-state index contributed by atoms with van der Waals surface area (Å²) < 4.78 is 5.16. The highest BCUT2D eigenvalue weighted by Gasteiger charge is 2.15. The number of nitrogens with one attached hydrogen (secondary N) is 2. The number of benzene rings is 2. The van der Waals surface area contributed by atoms with Gasteiger partial charge in [0.05, 0.1) is 0 Å². The van der Waals surface area contributed by atoms with E-state index >= 15 is 0 Å². The van der Waals surface area contributed by atoms with Crippen molar-refractivity contribution in [2.75, 3.05) is 10.6 Å². The van der Waals surface area contributed by atoms with Gasteiger partial charge >= 0.3 is 6.01 Å². The lowest BCUT2D eigenvalue weighted by Gasteiger charge is -2.07. The molecule has 0 atom stereocenters. The van der Waals surface area contributed by atoms with Crippen LogP contribution in [0.2, 0.25) is 0 Å². The van der Waals surface area contributed by atoms with Gasteiger partial charge in [0.1, 0.15) is 6.26 Å². The molecule has 1 heterocycles. The van der Waals surface area contributed by atoms with E-state index in [2.05, 4.69) is 15.6 Å². The fourth-order valence-corrected chi connectivity index (χ4v) is 2.33. The Morgan fingerprint density at radius 1 is 0.960 bits per heavy atom. The van der Waals surface area contributed by atoms with Crippen molar-refractivity contribution < 1.29 is 14.0 Å². The van der Waals surface area contributed by atoms with Crippen molar-refractivity contribution in [3.05, 3.63) is 77.2 Å². The van der Waals surface area contributed by atoms with Crippen LogP contribution in [-0.4, -0.2) is 16.8 Å². The van der Waals surface area contributed by atoms with Gasteiger partial charge in [-0.25, -0.2) is 0 Å². The van der Waals surface area contributed by atoms with Gasteiger partial charge in [0.25, 0.3) is 11.8 Å². The van der Waals surface area contributed by atoms with E-state index in [1.165, 1.54) is 6.26 Å². The SMILES string of the molecule is Cc1ccc(NC(=O)c2coc(NC(=O)c3ccccc3)n2)c(C)c1. The molecule has 1 aromatic heterocycles. The van der Waals surface area contributed by atoms with Crippen molar-refractivity contribution >= 4 is 23.5 Å². The van der Waals surface area contributed by atoms with E-state index in [-0.39, 0.29) is 17.6 Å². The third kappa shape index (κ3) is 3.92. The number of nitrogens with zero attached hydrogens (tertiary/aromatic N) is 1. The van der Waals surface area contributed by atoms with Gasteiger partial charge in [-0.1, -0.05) is 35.9 Å².